The topological polar surface area (TPSA) is 144 Å². The van der Waals surface area contributed by atoms with Gasteiger partial charge in [-0.05, 0) is 56.7 Å². The van der Waals surface area contributed by atoms with Crippen molar-refractivity contribution in [3.05, 3.63) is 66.4 Å². The van der Waals surface area contributed by atoms with E-state index in [1.54, 1.807) is 28.2 Å². The molecule has 46 heavy (non-hydrogen) atoms. The molecule has 11 nitrogen and oxygen atoms in total. The summed E-state index contributed by atoms with van der Waals surface area (Å²) < 4.78 is 11.8. The molecule has 1 aromatic heterocycles. The highest BCUT2D eigenvalue weighted by Crippen LogP contribution is 2.49. The van der Waals surface area contributed by atoms with Crippen LogP contribution in [0.3, 0.4) is 0 Å². The van der Waals surface area contributed by atoms with Gasteiger partial charge in [-0.1, -0.05) is 36.8 Å². The summed E-state index contributed by atoms with van der Waals surface area (Å²) in [7, 11) is 3.69. The third-order valence-electron chi connectivity index (χ3n) is 9.25. The summed E-state index contributed by atoms with van der Waals surface area (Å²) in [6, 6.07) is 16.5. The van der Waals surface area contributed by atoms with Crippen molar-refractivity contribution in [2.45, 2.75) is 50.5 Å². The first kappa shape index (κ1) is 31.2. The molecule has 3 N–H and O–H groups in total. The summed E-state index contributed by atoms with van der Waals surface area (Å²) >= 11 is 0. The number of carbonyl (C=O) groups is 4. The first-order valence-electron chi connectivity index (χ1n) is 15.8. The van der Waals surface area contributed by atoms with Crippen molar-refractivity contribution in [2.24, 2.45) is 23.5 Å². The van der Waals surface area contributed by atoms with Crippen LogP contribution >= 0.6 is 0 Å². The number of nitrogens with zero attached hydrogens (tertiary/aromatic N) is 3. The Kier molecular flexibility index (Phi) is 8.77. The van der Waals surface area contributed by atoms with Crippen molar-refractivity contribution < 1.29 is 28.7 Å². The number of nitrogens with one attached hydrogen (secondary N) is 1. The summed E-state index contributed by atoms with van der Waals surface area (Å²) in [5.74, 6) is -0.206. The molecule has 4 atom stereocenters. The lowest BCUT2D eigenvalue weighted by Crippen LogP contribution is -2.50. The minimum atomic E-state index is -1.11. The number of primary amides is 1. The molecular weight excluding hydrogens is 586 g/mol. The van der Waals surface area contributed by atoms with Crippen LogP contribution in [0.2, 0.25) is 0 Å². The number of nitrogens with two attached hydrogens (primary N) is 1. The highest BCUT2D eigenvalue weighted by molar-refractivity contribution is 5.92. The quantitative estimate of drug-likeness (QED) is 0.378. The zero-order chi connectivity index (χ0) is 32.4. The molecule has 0 radical (unpaired) electrons. The second-order valence-corrected chi connectivity index (χ2v) is 12.5. The molecule has 0 saturated heterocycles. The van der Waals surface area contributed by atoms with Gasteiger partial charge in [0.05, 0.1) is 17.1 Å². The summed E-state index contributed by atoms with van der Waals surface area (Å²) in [5.41, 5.74) is 6.18. The lowest BCUT2D eigenvalue weighted by Gasteiger charge is -2.33. The molecule has 0 spiro atoms. The van der Waals surface area contributed by atoms with E-state index in [0.717, 1.165) is 31.1 Å². The Morgan fingerprint density at radius 2 is 1.85 bits per heavy atom. The molecule has 6 rings (SSSR count). The van der Waals surface area contributed by atoms with Gasteiger partial charge in [-0.3, -0.25) is 14.6 Å². The van der Waals surface area contributed by atoms with Crippen LogP contribution in [-0.2, 0) is 14.4 Å². The van der Waals surface area contributed by atoms with Crippen LogP contribution in [0.15, 0.2) is 66.4 Å². The Labute approximate surface area is 267 Å². The van der Waals surface area contributed by atoms with Gasteiger partial charge >= 0.3 is 6.09 Å². The zero-order valence-corrected chi connectivity index (χ0v) is 26.1. The van der Waals surface area contributed by atoms with Crippen molar-refractivity contribution in [2.75, 3.05) is 20.6 Å². The molecule has 4 unspecified atom stereocenters. The number of aldehydes is 1. The first-order chi connectivity index (χ1) is 22.2. The number of ether oxygens (including phenoxy) is 2. The van der Waals surface area contributed by atoms with Gasteiger partial charge in [-0.2, -0.15) is 0 Å². The second-order valence-electron chi connectivity index (χ2n) is 12.5. The van der Waals surface area contributed by atoms with E-state index in [-0.39, 0.29) is 23.5 Å². The number of aromatic nitrogens is 1. The smallest absolute Gasteiger partial charge is 0.409 e. The summed E-state index contributed by atoms with van der Waals surface area (Å²) in [4.78, 5) is 56.1. The van der Waals surface area contributed by atoms with E-state index in [0.29, 0.717) is 60.3 Å². The van der Waals surface area contributed by atoms with Crippen molar-refractivity contribution in [3.63, 3.8) is 0 Å². The summed E-state index contributed by atoms with van der Waals surface area (Å²) in [6.45, 7) is 0.549. The minimum absolute atomic E-state index is 0.0325. The maximum atomic E-state index is 13.7. The molecular formula is C35H39N5O6. The van der Waals surface area contributed by atoms with Gasteiger partial charge in [-0.25, -0.2) is 14.8 Å². The zero-order valence-electron chi connectivity index (χ0n) is 26.1. The van der Waals surface area contributed by atoms with E-state index in [1.807, 2.05) is 56.6 Å². The molecule has 1 aliphatic heterocycles. The predicted molar refractivity (Wildman–Crippen MR) is 171 cm³/mol. The largest absolute Gasteiger partial charge is 0.461 e. The number of benzene rings is 2. The molecule has 3 amide bonds. The van der Waals surface area contributed by atoms with E-state index in [9.17, 15) is 19.2 Å². The fourth-order valence-electron chi connectivity index (χ4n) is 6.75. The number of allylic oxidation sites excluding steroid dienone is 1. The maximum Gasteiger partial charge on any atom is 0.409 e. The van der Waals surface area contributed by atoms with Crippen molar-refractivity contribution in [1.82, 2.24) is 20.3 Å². The van der Waals surface area contributed by atoms with Crippen LogP contribution in [-0.4, -0.2) is 65.4 Å². The predicted octanol–water partition coefficient (Wildman–Crippen LogP) is 4.60. The highest BCUT2D eigenvalue weighted by Gasteiger charge is 2.59. The summed E-state index contributed by atoms with van der Waals surface area (Å²) in [6.07, 6.45) is 6.53. The molecule has 2 saturated carbocycles. The van der Waals surface area contributed by atoms with Gasteiger partial charge in [0.15, 0.2) is 0 Å². The summed E-state index contributed by atoms with van der Waals surface area (Å²) in [5, 5.41) is 7.25. The van der Waals surface area contributed by atoms with E-state index >= 15 is 0 Å². The van der Waals surface area contributed by atoms with Crippen LogP contribution in [0.25, 0.3) is 22.2 Å². The van der Waals surface area contributed by atoms with Crippen molar-refractivity contribution >= 4 is 35.1 Å². The SMILES string of the molecule is CN(C)N1CCCC/C=C(\Oc2cc(-c3ccccc3)nc3cc(OC(N)=O)ccc23)C2CC2(C=O)NC(=O)C2CCCC2C1=O. The Hall–Kier alpha value is -4.77. The Morgan fingerprint density at radius 3 is 2.59 bits per heavy atom. The van der Waals surface area contributed by atoms with Gasteiger partial charge in [0.25, 0.3) is 0 Å². The molecule has 0 bridgehead atoms. The highest BCUT2D eigenvalue weighted by atomic mass is 16.5. The van der Waals surface area contributed by atoms with Crippen molar-refractivity contribution in [3.8, 4) is 22.8 Å². The third-order valence-corrected chi connectivity index (χ3v) is 9.25. The fraction of sp³-hybridized carbons (Fsp3) is 0.400. The number of rotatable bonds is 6. The van der Waals surface area contributed by atoms with E-state index in [4.69, 9.17) is 20.2 Å². The average molecular weight is 626 g/mol. The second kappa shape index (κ2) is 12.9. The molecule has 3 aromatic rings. The maximum absolute atomic E-state index is 13.7. The normalized spacial score (nSPS) is 26.3. The molecule has 2 aliphatic carbocycles. The van der Waals surface area contributed by atoms with Gasteiger partial charge < -0.3 is 25.3 Å². The molecule has 2 aromatic carbocycles. The minimum Gasteiger partial charge on any atom is -0.461 e. The van der Waals surface area contributed by atoms with Gasteiger partial charge in [0.2, 0.25) is 11.8 Å². The van der Waals surface area contributed by atoms with Crippen LogP contribution in [0.5, 0.6) is 11.5 Å². The van der Waals surface area contributed by atoms with E-state index < -0.39 is 23.5 Å². The Bertz CT molecular complexity index is 1690. The number of hydrogen-bond donors (Lipinski definition) is 2. The van der Waals surface area contributed by atoms with E-state index in [2.05, 4.69) is 5.32 Å². The Balaban J connectivity index is 1.37. The molecule has 11 heteroatoms. The lowest BCUT2D eigenvalue weighted by molar-refractivity contribution is -0.153. The standard InChI is InChI=1S/C35H39N5O6/c1-39(2)40-17-8-4-7-14-30(27-20-35(27,21-41)38-32(42)24-12-9-13-25(24)33(40)43)46-31-19-28(22-10-5-3-6-11-22)37-29-18-23(45-34(36)44)15-16-26(29)31/h3,5-6,10-11,14-16,18-19,21,24-25,27H,4,7-9,12-13,17,20H2,1-2H3,(H2,36,44)(H,38,42)/b30-14-. The Morgan fingerprint density at radius 1 is 1.07 bits per heavy atom. The van der Waals surface area contributed by atoms with Crippen LogP contribution in [0, 0.1) is 17.8 Å². The van der Waals surface area contributed by atoms with Gasteiger partial charge in [0, 0.05) is 55.6 Å². The number of hydrazine groups is 1. The molecule has 2 fully saturated rings. The number of carbonyl (C=O) groups excluding carboxylic acids is 4. The average Bonchev–Trinajstić information content (AvgIpc) is 3.51. The lowest BCUT2D eigenvalue weighted by atomic mass is 9.93. The van der Waals surface area contributed by atoms with Crippen LogP contribution in [0.4, 0.5) is 4.79 Å². The number of pyridine rings is 1. The van der Waals surface area contributed by atoms with Gasteiger partial charge in [0.1, 0.15) is 29.1 Å². The molecule has 3 aliphatic rings. The van der Waals surface area contributed by atoms with Crippen LogP contribution < -0.4 is 20.5 Å². The van der Waals surface area contributed by atoms with Gasteiger partial charge in [-0.15, -0.1) is 0 Å². The fourth-order valence-corrected chi connectivity index (χ4v) is 6.75. The number of fused-ring (bicyclic) bond motifs is 3. The number of hydrogen-bond acceptors (Lipinski definition) is 8. The third kappa shape index (κ3) is 6.32. The van der Waals surface area contributed by atoms with Crippen LogP contribution in [0.1, 0.15) is 44.9 Å². The molecule has 240 valence electrons. The number of amides is 3. The van der Waals surface area contributed by atoms with E-state index in [1.165, 1.54) is 0 Å². The monoisotopic (exact) mass is 625 g/mol. The molecule has 2 heterocycles. The first-order valence-corrected chi connectivity index (χ1v) is 15.8. The van der Waals surface area contributed by atoms with Crippen molar-refractivity contribution in [1.29, 1.82) is 0 Å².